The van der Waals surface area contributed by atoms with Gasteiger partial charge in [-0.3, -0.25) is 25.2 Å². The molecule has 0 unspecified atom stereocenters. The van der Waals surface area contributed by atoms with Gasteiger partial charge in [-0.25, -0.2) is 9.67 Å². The van der Waals surface area contributed by atoms with E-state index in [2.05, 4.69) is 20.9 Å². The Morgan fingerprint density at radius 2 is 1.73 bits per heavy atom. The highest BCUT2D eigenvalue weighted by Gasteiger charge is 2.19. The number of fused-ring (bicyclic) bond motifs is 2. The fraction of sp³-hybridized carbons (Fsp3) is 0.190. The lowest BCUT2D eigenvalue weighted by Crippen LogP contribution is -2.43. The first-order valence-electron chi connectivity index (χ1n) is 9.43. The standard InChI is InChI=1S/C21H20N6O3/c1-12(2)27-21(30)15-7-5-4-6-14(15)18(25-27)20(29)24-23-19(28)16-11-26-9-8-13(3)10-17(26)22-16/h4-12H,1-3H3,(H,23,28)(H,24,29). The third-order valence-electron chi connectivity index (χ3n) is 4.67. The van der Waals surface area contributed by atoms with Gasteiger partial charge < -0.3 is 4.40 Å². The second kappa shape index (κ2) is 7.43. The number of nitrogens with zero attached hydrogens (tertiary/aromatic N) is 4. The van der Waals surface area contributed by atoms with Crippen molar-refractivity contribution in [1.29, 1.82) is 0 Å². The smallest absolute Gasteiger partial charge is 0.290 e. The third-order valence-corrected chi connectivity index (χ3v) is 4.67. The molecule has 9 heteroatoms. The van der Waals surface area contributed by atoms with Gasteiger partial charge in [-0.1, -0.05) is 18.2 Å². The van der Waals surface area contributed by atoms with E-state index in [0.29, 0.717) is 16.4 Å². The van der Waals surface area contributed by atoms with Crippen LogP contribution < -0.4 is 16.4 Å². The summed E-state index contributed by atoms with van der Waals surface area (Å²) < 4.78 is 2.97. The van der Waals surface area contributed by atoms with Crippen LogP contribution in [0, 0.1) is 6.92 Å². The van der Waals surface area contributed by atoms with Crippen LogP contribution in [0.5, 0.6) is 0 Å². The summed E-state index contributed by atoms with van der Waals surface area (Å²) in [5, 5.41) is 5.01. The number of carbonyl (C=O) groups excluding carboxylic acids is 2. The first kappa shape index (κ1) is 19.3. The number of nitrogens with one attached hydrogen (secondary N) is 2. The maximum atomic E-state index is 12.8. The molecular weight excluding hydrogens is 384 g/mol. The van der Waals surface area contributed by atoms with E-state index in [0.717, 1.165) is 5.56 Å². The Morgan fingerprint density at radius 3 is 2.47 bits per heavy atom. The molecule has 3 heterocycles. The Morgan fingerprint density at radius 1 is 1.03 bits per heavy atom. The monoisotopic (exact) mass is 404 g/mol. The SMILES string of the molecule is Cc1ccn2cc(C(=O)NNC(=O)c3nn(C(C)C)c(=O)c4ccccc34)nc2c1. The maximum Gasteiger partial charge on any atom is 0.290 e. The van der Waals surface area contributed by atoms with E-state index in [9.17, 15) is 14.4 Å². The lowest BCUT2D eigenvalue weighted by Gasteiger charge is -2.13. The van der Waals surface area contributed by atoms with Crippen LogP contribution in [0.1, 0.15) is 46.4 Å². The minimum absolute atomic E-state index is 0.0461. The Bertz CT molecular complexity index is 1350. The Balaban J connectivity index is 1.60. The molecule has 0 fully saturated rings. The van der Waals surface area contributed by atoms with Crippen LogP contribution in [0.25, 0.3) is 16.4 Å². The van der Waals surface area contributed by atoms with Crippen molar-refractivity contribution in [3.63, 3.8) is 0 Å². The van der Waals surface area contributed by atoms with E-state index in [1.54, 1.807) is 54.9 Å². The second-order valence-corrected chi connectivity index (χ2v) is 7.24. The molecule has 3 aromatic heterocycles. The molecule has 1 aromatic carbocycles. The Labute approximate surface area is 171 Å². The summed E-state index contributed by atoms with van der Waals surface area (Å²) in [5.41, 5.74) is 6.30. The summed E-state index contributed by atoms with van der Waals surface area (Å²) in [5.74, 6) is -1.19. The number of hydrogen-bond acceptors (Lipinski definition) is 5. The van der Waals surface area contributed by atoms with Gasteiger partial charge in [0.2, 0.25) is 0 Å². The van der Waals surface area contributed by atoms with Gasteiger partial charge in [-0.15, -0.1) is 0 Å². The molecule has 152 valence electrons. The average Bonchev–Trinajstić information content (AvgIpc) is 3.15. The number of aryl methyl sites for hydroxylation is 1. The molecule has 0 atom stereocenters. The minimum Gasteiger partial charge on any atom is -0.306 e. The van der Waals surface area contributed by atoms with Gasteiger partial charge in [0.05, 0.1) is 11.4 Å². The molecule has 2 N–H and O–H groups in total. The molecule has 0 saturated heterocycles. The topological polar surface area (TPSA) is 110 Å². The lowest BCUT2D eigenvalue weighted by atomic mass is 10.1. The van der Waals surface area contributed by atoms with Crippen molar-refractivity contribution in [2.24, 2.45) is 0 Å². The van der Waals surface area contributed by atoms with E-state index in [1.807, 2.05) is 19.1 Å². The number of carbonyl (C=O) groups is 2. The van der Waals surface area contributed by atoms with E-state index in [4.69, 9.17) is 0 Å². The highest BCUT2D eigenvalue weighted by molar-refractivity contribution is 6.05. The molecule has 4 rings (SSSR count). The van der Waals surface area contributed by atoms with Crippen LogP contribution in [-0.2, 0) is 0 Å². The second-order valence-electron chi connectivity index (χ2n) is 7.24. The number of rotatable bonds is 3. The summed E-state index contributed by atoms with van der Waals surface area (Å²) in [7, 11) is 0. The fourth-order valence-corrected chi connectivity index (χ4v) is 3.15. The van der Waals surface area contributed by atoms with Gasteiger partial charge in [-0.2, -0.15) is 5.10 Å². The van der Waals surface area contributed by atoms with E-state index < -0.39 is 11.8 Å². The number of benzene rings is 1. The fourth-order valence-electron chi connectivity index (χ4n) is 3.15. The third kappa shape index (κ3) is 3.41. The molecule has 4 aromatic rings. The van der Waals surface area contributed by atoms with E-state index >= 15 is 0 Å². The highest BCUT2D eigenvalue weighted by Crippen LogP contribution is 2.14. The normalized spacial score (nSPS) is 11.2. The van der Waals surface area contributed by atoms with E-state index in [1.165, 1.54) is 4.68 Å². The van der Waals surface area contributed by atoms with Gasteiger partial charge in [-0.05, 0) is 44.5 Å². The number of hydrogen-bond donors (Lipinski definition) is 2. The van der Waals surface area contributed by atoms with Gasteiger partial charge in [0.1, 0.15) is 11.3 Å². The number of imidazole rings is 1. The minimum atomic E-state index is -0.631. The van der Waals surface area contributed by atoms with Crippen LogP contribution in [-0.4, -0.2) is 31.0 Å². The zero-order chi connectivity index (χ0) is 21.4. The van der Waals surface area contributed by atoms with Crippen LogP contribution in [0.2, 0.25) is 0 Å². The number of amides is 2. The van der Waals surface area contributed by atoms with Gasteiger partial charge in [0.25, 0.3) is 17.4 Å². The van der Waals surface area contributed by atoms with Gasteiger partial charge in [0, 0.05) is 17.8 Å². The van der Waals surface area contributed by atoms with Crippen molar-refractivity contribution in [3.8, 4) is 0 Å². The molecule has 0 aliphatic heterocycles. The average molecular weight is 404 g/mol. The lowest BCUT2D eigenvalue weighted by molar-refractivity contribution is 0.0841. The molecule has 0 aliphatic rings. The van der Waals surface area contributed by atoms with Crippen molar-refractivity contribution < 1.29 is 9.59 Å². The molecule has 9 nitrogen and oxygen atoms in total. The predicted molar refractivity (Wildman–Crippen MR) is 111 cm³/mol. The molecule has 0 bridgehead atoms. The molecule has 0 spiro atoms. The summed E-state index contributed by atoms with van der Waals surface area (Å²) >= 11 is 0. The number of pyridine rings is 1. The molecule has 30 heavy (non-hydrogen) atoms. The summed E-state index contributed by atoms with van der Waals surface area (Å²) in [4.78, 5) is 42.1. The Kier molecular flexibility index (Phi) is 4.78. The number of aromatic nitrogens is 4. The largest absolute Gasteiger partial charge is 0.306 e. The van der Waals surface area contributed by atoms with Crippen LogP contribution in [0.4, 0.5) is 0 Å². The first-order chi connectivity index (χ1) is 14.3. The summed E-state index contributed by atoms with van der Waals surface area (Å²) in [6.07, 6.45) is 3.38. The number of hydrazine groups is 1. The van der Waals surface area contributed by atoms with Crippen molar-refractivity contribution in [2.75, 3.05) is 0 Å². The first-order valence-corrected chi connectivity index (χ1v) is 9.43. The quantitative estimate of drug-likeness (QED) is 0.508. The van der Waals surface area contributed by atoms with Crippen molar-refractivity contribution >= 4 is 28.2 Å². The molecule has 2 amide bonds. The van der Waals surface area contributed by atoms with Gasteiger partial charge in [0.15, 0.2) is 5.69 Å². The zero-order valence-electron chi connectivity index (χ0n) is 16.7. The predicted octanol–water partition coefficient (Wildman–Crippen LogP) is 2.01. The van der Waals surface area contributed by atoms with Crippen molar-refractivity contribution in [1.82, 2.24) is 30.0 Å². The molecule has 0 aliphatic carbocycles. The van der Waals surface area contributed by atoms with Gasteiger partial charge >= 0.3 is 0 Å². The molecular formula is C21H20N6O3. The summed E-state index contributed by atoms with van der Waals surface area (Å²) in [6.45, 7) is 5.54. The van der Waals surface area contributed by atoms with Crippen molar-refractivity contribution in [3.05, 3.63) is 76.1 Å². The zero-order valence-corrected chi connectivity index (χ0v) is 16.7. The Hall–Kier alpha value is -4.01. The van der Waals surface area contributed by atoms with Crippen LogP contribution in [0.15, 0.2) is 53.6 Å². The highest BCUT2D eigenvalue weighted by atomic mass is 16.2. The van der Waals surface area contributed by atoms with E-state index in [-0.39, 0.29) is 23.0 Å². The summed E-state index contributed by atoms with van der Waals surface area (Å²) in [6, 6.07) is 10.3. The van der Waals surface area contributed by atoms with Crippen LogP contribution in [0.3, 0.4) is 0 Å². The molecule has 0 radical (unpaired) electrons. The van der Waals surface area contributed by atoms with Crippen molar-refractivity contribution in [2.45, 2.75) is 26.8 Å². The van der Waals surface area contributed by atoms with Crippen LogP contribution >= 0.6 is 0 Å². The maximum absolute atomic E-state index is 12.8. The molecule has 0 saturated carbocycles.